The monoisotopic (exact) mass is 393 g/mol. The molecule has 1 saturated heterocycles. The molecule has 0 radical (unpaired) electrons. The fraction of sp³-hybridized carbons (Fsp3) is 0.467. The van der Waals surface area contributed by atoms with E-state index >= 15 is 0 Å². The first-order valence-corrected chi connectivity index (χ1v) is 9.54. The van der Waals surface area contributed by atoms with E-state index in [2.05, 4.69) is 16.0 Å². The largest absolute Gasteiger partial charge is 0.416 e. The van der Waals surface area contributed by atoms with Crippen molar-refractivity contribution in [3.05, 3.63) is 29.8 Å². The molecule has 2 rings (SSSR count). The van der Waals surface area contributed by atoms with Gasteiger partial charge in [0.25, 0.3) is 0 Å². The number of hydrogen-bond donors (Lipinski definition) is 3. The molecule has 1 aliphatic rings. The van der Waals surface area contributed by atoms with E-state index in [0.29, 0.717) is 6.42 Å². The number of urea groups is 1. The normalized spacial score (nSPS) is 20.2. The highest BCUT2D eigenvalue weighted by Crippen LogP contribution is 2.30. The highest BCUT2D eigenvalue weighted by atomic mass is 32.2. The molecule has 0 aromatic heterocycles. The van der Waals surface area contributed by atoms with Crippen LogP contribution in [0.5, 0.6) is 0 Å². The molecule has 0 saturated carbocycles. The van der Waals surface area contributed by atoms with Crippen molar-refractivity contribution in [3.63, 3.8) is 0 Å². The van der Waals surface area contributed by atoms with E-state index in [1.54, 1.807) is 0 Å². The molecule has 3 amide bonds. The number of hydrogen-bond acceptors (Lipinski definition) is 4. The van der Waals surface area contributed by atoms with Gasteiger partial charge in [-0.1, -0.05) is 6.07 Å². The average Bonchev–Trinajstić information content (AvgIpc) is 2.85. The molecule has 1 heterocycles. The molecule has 2 atom stereocenters. The Labute approximate surface area is 148 Å². The summed E-state index contributed by atoms with van der Waals surface area (Å²) in [6.07, 6.45) is -4.24. The summed E-state index contributed by atoms with van der Waals surface area (Å²) < 4.78 is 60.7. The van der Waals surface area contributed by atoms with Crippen molar-refractivity contribution in [2.75, 3.05) is 16.8 Å². The molecule has 7 nitrogen and oxygen atoms in total. The van der Waals surface area contributed by atoms with E-state index in [1.165, 1.54) is 13.0 Å². The lowest BCUT2D eigenvalue weighted by molar-refractivity contribution is -0.137. The second-order valence-electron chi connectivity index (χ2n) is 6.01. The van der Waals surface area contributed by atoms with Crippen LogP contribution in [0.15, 0.2) is 24.3 Å². The molecule has 0 bridgehead atoms. The van der Waals surface area contributed by atoms with Gasteiger partial charge in [0.1, 0.15) is 6.04 Å². The minimum Gasteiger partial charge on any atom is -0.334 e. The summed E-state index contributed by atoms with van der Waals surface area (Å²) in [5.74, 6) is -0.882. The van der Waals surface area contributed by atoms with E-state index in [-0.39, 0.29) is 17.2 Å². The standard InChI is InChI=1S/C15H18F3N3O4S/c1-9(19-14(23)21-12-5-6-26(24,25)8-12)13(22)20-11-4-2-3-10(7-11)15(16,17)18/h2-4,7,9,12H,5-6,8H2,1H3,(H,20,22)(H2,19,21,23)/t9-,12-/m0/s1. The number of benzene rings is 1. The molecule has 1 fully saturated rings. The van der Waals surface area contributed by atoms with Crippen molar-refractivity contribution in [2.45, 2.75) is 31.6 Å². The van der Waals surface area contributed by atoms with Crippen molar-refractivity contribution in [1.29, 1.82) is 0 Å². The van der Waals surface area contributed by atoms with Crippen LogP contribution >= 0.6 is 0 Å². The first-order chi connectivity index (χ1) is 12.0. The van der Waals surface area contributed by atoms with Gasteiger partial charge >= 0.3 is 12.2 Å². The van der Waals surface area contributed by atoms with Gasteiger partial charge in [0, 0.05) is 11.7 Å². The van der Waals surface area contributed by atoms with Crippen LogP contribution in [0.4, 0.5) is 23.7 Å². The van der Waals surface area contributed by atoms with Gasteiger partial charge in [0.15, 0.2) is 9.84 Å². The Morgan fingerprint density at radius 2 is 1.96 bits per heavy atom. The zero-order valence-electron chi connectivity index (χ0n) is 13.8. The number of carbonyl (C=O) groups excluding carboxylic acids is 2. The van der Waals surface area contributed by atoms with Gasteiger partial charge < -0.3 is 16.0 Å². The number of anilines is 1. The number of halogens is 3. The Hall–Kier alpha value is -2.30. The quantitative estimate of drug-likeness (QED) is 0.721. The first kappa shape index (κ1) is 20.0. The van der Waals surface area contributed by atoms with Crippen molar-refractivity contribution < 1.29 is 31.2 Å². The zero-order chi connectivity index (χ0) is 19.5. The highest BCUT2D eigenvalue weighted by molar-refractivity contribution is 7.91. The molecule has 0 aliphatic carbocycles. The third-order valence-corrected chi connectivity index (χ3v) is 5.53. The van der Waals surface area contributed by atoms with E-state index in [4.69, 9.17) is 0 Å². The molecular weight excluding hydrogens is 375 g/mol. The third-order valence-electron chi connectivity index (χ3n) is 3.77. The van der Waals surface area contributed by atoms with Gasteiger partial charge in [-0.05, 0) is 31.5 Å². The van der Waals surface area contributed by atoms with Crippen LogP contribution in [0.1, 0.15) is 18.9 Å². The van der Waals surface area contributed by atoms with Crippen LogP contribution in [-0.2, 0) is 20.8 Å². The lowest BCUT2D eigenvalue weighted by Crippen LogP contribution is -2.49. The summed E-state index contributed by atoms with van der Waals surface area (Å²) in [6, 6.07) is 1.82. The van der Waals surface area contributed by atoms with Gasteiger partial charge in [-0.15, -0.1) is 0 Å². The fourth-order valence-corrected chi connectivity index (χ4v) is 4.10. The van der Waals surface area contributed by atoms with E-state index in [9.17, 15) is 31.2 Å². The fourth-order valence-electron chi connectivity index (χ4n) is 2.42. The number of nitrogens with one attached hydrogen (secondary N) is 3. The van der Waals surface area contributed by atoms with Crippen LogP contribution in [0.2, 0.25) is 0 Å². The number of sulfone groups is 1. The molecule has 11 heteroatoms. The lowest BCUT2D eigenvalue weighted by atomic mass is 10.2. The minimum absolute atomic E-state index is 0.0104. The van der Waals surface area contributed by atoms with E-state index in [0.717, 1.165) is 18.2 Å². The third kappa shape index (κ3) is 5.61. The number of amides is 3. The van der Waals surface area contributed by atoms with Crippen molar-refractivity contribution in [3.8, 4) is 0 Å². The molecular formula is C15H18F3N3O4S. The zero-order valence-corrected chi connectivity index (χ0v) is 14.6. The van der Waals surface area contributed by atoms with Gasteiger partial charge in [-0.3, -0.25) is 4.79 Å². The average molecular weight is 393 g/mol. The lowest BCUT2D eigenvalue weighted by Gasteiger charge is -2.17. The predicted molar refractivity (Wildman–Crippen MR) is 88.3 cm³/mol. The van der Waals surface area contributed by atoms with Crippen LogP contribution in [0.3, 0.4) is 0 Å². The molecule has 144 valence electrons. The number of rotatable bonds is 4. The summed E-state index contributed by atoms with van der Waals surface area (Å²) in [5.41, 5.74) is -0.961. The van der Waals surface area contributed by atoms with Crippen molar-refractivity contribution in [1.82, 2.24) is 10.6 Å². The summed E-state index contributed by atoms with van der Waals surface area (Å²) in [7, 11) is -3.16. The van der Waals surface area contributed by atoms with Gasteiger partial charge in [-0.2, -0.15) is 13.2 Å². The van der Waals surface area contributed by atoms with Crippen molar-refractivity contribution in [2.24, 2.45) is 0 Å². The molecule has 3 N–H and O–H groups in total. The maximum atomic E-state index is 12.7. The SMILES string of the molecule is C[C@H](NC(=O)N[C@H]1CCS(=O)(=O)C1)C(=O)Nc1cccc(C(F)(F)F)c1. The van der Waals surface area contributed by atoms with Crippen LogP contribution in [-0.4, -0.2) is 43.9 Å². The summed E-state index contributed by atoms with van der Waals surface area (Å²) in [6.45, 7) is 1.36. The Bertz CT molecular complexity index is 796. The summed E-state index contributed by atoms with van der Waals surface area (Å²) >= 11 is 0. The molecule has 1 aliphatic heterocycles. The maximum absolute atomic E-state index is 12.7. The van der Waals surface area contributed by atoms with Gasteiger partial charge in [-0.25, -0.2) is 13.2 Å². The summed E-state index contributed by atoms with van der Waals surface area (Å²) in [5, 5.41) is 7.06. The first-order valence-electron chi connectivity index (χ1n) is 7.72. The van der Waals surface area contributed by atoms with E-state index < -0.39 is 45.6 Å². The van der Waals surface area contributed by atoms with Crippen LogP contribution in [0.25, 0.3) is 0 Å². The summed E-state index contributed by atoms with van der Waals surface area (Å²) in [4.78, 5) is 23.8. The number of carbonyl (C=O) groups is 2. The Balaban J connectivity index is 1.88. The highest BCUT2D eigenvalue weighted by Gasteiger charge is 2.31. The van der Waals surface area contributed by atoms with Crippen LogP contribution < -0.4 is 16.0 Å². The number of alkyl halides is 3. The second-order valence-corrected chi connectivity index (χ2v) is 8.24. The predicted octanol–water partition coefficient (Wildman–Crippen LogP) is 1.52. The molecule has 26 heavy (non-hydrogen) atoms. The molecule has 1 aromatic carbocycles. The molecule has 0 spiro atoms. The Morgan fingerprint density at radius 3 is 2.54 bits per heavy atom. The second kappa shape index (κ2) is 7.52. The Kier molecular flexibility index (Phi) is 5.79. The topological polar surface area (TPSA) is 104 Å². The van der Waals surface area contributed by atoms with Gasteiger partial charge in [0.05, 0.1) is 17.1 Å². The van der Waals surface area contributed by atoms with Crippen molar-refractivity contribution >= 4 is 27.5 Å². The maximum Gasteiger partial charge on any atom is 0.416 e. The smallest absolute Gasteiger partial charge is 0.334 e. The Morgan fingerprint density at radius 1 is 1.27 bits per heavy atom. The molecule has 0 unspecified atom stereocenters. The van der Waals surface area contributed by atoms with Gasteiger partial charge in [0.2, 0.25) is 5.91 Å². The minimum atomic E-state index is -4.54. The van der Waals surface area contributed by atoms with E-state index in [1.807, 2.05) is 0 Å². The van der Waals surface area contributed by atoms with Crippen LogP contribution in [0, 0.1) is 0 Å². The molecule has 1 aromatic rings.